The minimum atomic E-state index is -0.249. The molecule has 0 saturated carbocycles. The molecule has 0 saturated heterocycles. The largest absolute Gasteiger partial charge is 0.330 e. The number of hydrogen-bond donors (Lipinski definition) is 1. The molecule has 2 rings (SSSR count). The SMILES string of the molecule is CC(CN(C)C)n1c(=S)[nH]c2cc(F)ccc21. The summed E-state index contributed by atoms with van der Waals surface area (Å²) in [5.74, 6) is -0.249. The molecule has 1 atom stereocenters. The standard InChI is InChI=1S/C12H16FN3S/c1-8(7-15(2)3)16-11-5-4-9(13)6-10(11)14-12(16)17/h4-6,8H,7H2,1-3H3,(H,14,17). The predicted octanol–water partition coefficient (Wildman–Crippen LogP) is 2.96. The van der Waals surface area contributed by atoms with Gasteiger partial charge in [0, 0.05) is 12.6 Å². The van der Waals surface area contributed by atoms with E-state index in [1.807, 2.05) is 18.7 Å². The van der Waals surface area contributed by atoms with Crippen LogP contribution in [0.4, 0.5) is 4.39 Å². The Morgan fingerprint density at radius 1 is 1.47 bits per heavy atom. The maximum atomic E-state index is 13.1. The molecule has 0 aliphatic rings. The molecule has 5 heteroatoms. The average molecular weight is 253 g/mol. The van der Waals surface area contributed by atoms with Gasteiger partial charge in [0.25, 0.3) is 0 Å². The second-order valence-corrected chi connectivity index (χ2v) is 4.96. The van der Waals surface area contributed by atoms with E-state index in [-0.39, 0.29) is 11.9 Å². The van der Waals surface area contributed by atoms with Gasteiger partial charge in [0.2, 0.25) is 0 Å². The van der Waals surface area contributed by atoms with E-state index in [2.05, 4.69) is 16.8 Å². The van der Waals surface area contributed by atoms with E-state index in [0.29, 0.717) is 4.77 Å². The van der Waals surface area contributed by atoms with Gasteiger partial charge in [-0.05, 0) is 51.4 Å². The average Bonchev–Trinajstić information content (AvgIpc) is 2.51. The van der Waals surface area contributed by atoms with Crippen molar-refractivity contribution in [3.05, 3.63) is 28.8 Å². The van der Waals surface area contributed by atoms with Gasteiger partial charge < -0.3 is 14.5 Å². The van der Waals surface area contributed by atoms with Crippen LogP contribution in [0.15, 0.2) is 18.2 Å². The lowest BCUT2D eigenvalue weighted by molar-refractivity contribution is 0.339. The smallest absolute Gasteiger partial charge is 0.178 e. The van der Waals surface area contributed by atoms with E-state index in [9.17, 15) is 4.39 Å². The normalized spacial score (nSPS) is 13.5. The summed E-state index contributed by atoms with van der Waals surface area (Å²) in [7, 11) is 4.04. The van der Waals surface area contributed by atoms with Crippen molar-refractivity contribution in [2.75, 3.05) is 20.6 Å². The van der Waals surface area contributed by atoms with Gasteiger partial charge in [-0.15, -0.1) is 0 Å². The van der Waals surface area contributed by atoms with Gasteiger partial charge in [-0.2, -0.15) is 0 Å². The maximum Gasteiger partial charge on any atom is 0.178 e. The molecule has 17 heavy (non-hydrogen) atoms. The van der Waals surface area contributed by atoms with Crippen molar-refractivity contribution in [1.82, 2.24) is 14.5 Å². The first kappa shape index (κ1) is 12.3. The predicted molar refractivity (Wildman–Crippen MR) is 70.3 cm³/mol. The third kappa shape index (κ3) is 2.40. The summed E-state index contributed by atoms with van der Waals surface area (Å²) >= 11 is 5.29. The van der Waals surface area contributed by atoms with E-state index in [1.54, 1.807) is 6.07 Å². The van der Waals surface area contributed by atoms with Crippen molar-refractivity contribution in [3.63, 3.8) is 0 Å². The number of H-pyrrole nitrogens is 1. The molecule has 0 amide bonds. The van der Waals surface area contributed by atoms with E-state index >= 15 is 0 Å². The number of nitrogens with one attached hydrogen (secondary N) is 1. The Morgan fingerprint density at radius 2 is 2.18 bits per heavy atom. The number of fused-ring (bicyclic) bond motifs is 1. The lowest BCUT2D eigenvalue weighted by Crippen LogP contribution is -2.22. The summed E-state index contributed by atoms with van der Waals surface area (Å²) in [5, 5.41) is 0. The highest BCUT2D eigenvalue weighted by atomic mass is 32.1. The fraction of sp³-hybridized carbons (Fsp3) is 0.417. The molecule has 0 spiro atoms. The van der Waals surface area contributed by atoms with Gasteiger partial charge in [0.15, 0.2) is 4.77 Å². The van der Waals surface area contributed by atoms with Crippen LogP contribution in [0.2, 0.25) is 0 Å². The van der Waals surface area contributed by atoms with Crippen LogP contribution in [0.1, 0.15) is 13.0 Å². The van der Waals surface area contributed by atoms with E-state index in [0.717, 1.165) is 17.6 Å². The molecule has 92 valence electrons. The van der Waals surface area contributed by atoms with Gasteiger partial charge in [-0.3, -0.25) is 0 Å². The van der Waals surface area contributed by atoms with Crippen LogP contribution in [0.3, 0.4) is 0 Å². The van der Waals surface area contributed by atoms with Crippen LogP contribution in [0.5, 0.6) is 0 Å². The Hall–Kier alpha value is -1.20. The van der Waals surface area contributed by atoms with Crippen molar-refractivity contribution in [2.45, 2.75) is 13.0 Å². The van der Waals surface area contributed by atoms with E-state index in [1.165, 1.54) is 12.1 Å². The van der Waals surface area contributed by atoms with Gasteiger partial charge in [-0.25, -0.2) is 4.39 Å². The van der Waals surface area contributed by atoms with Crippen LogP contribution in [-0.4, -0.2) is 35.1 Å². The van der Waals surface area contributed by atoms with Gasteiger partial charge in [-0.1, -0.05) is 0 Å². The number of likely N-dealkylation sites (N-methyl/N-ethyl adjacent to an activating group) is 1. The van der Waals surface area contributed by atoms with Crippen LogP contribution in [0.25, 0.3) is 11.0 Å². The molecule has 1 aromatic carbocycles. The third-order valence-corrected chi connectivity index (χ3v) is 3.05. The van der Waals surface area contributed by atoms with E-state index in [4.69, 9.17) is 12.2 Å². The molecule has 0 radical (unpaired) electrons. The van der Waals surface area contributed by atoms with Gasteiger partial charge >= 0.3 is 0 Å². The minimum Gasteiger partial charge on any atom is -0.330 e. The first-order valence-electron chi connectivity index (χ1n) is 5.53. The van der Waals surface area contributed by atoms with Crippen molar-refractivity contribution in [2.24, 2.45) is 0 Å². The molecule has 0 bridgehead atoms. The number of benzene rings is 1. The zero-order chi connectivity index (χ0) is 12.6. The van der Waals surface area contributed by atoms with Crippen LogP contribution >= 0.6 is 12.2 Å². The summed E-state index contributed by atoms with van der Waals surface area (Å²) in [6.45, 7) is 2.99. The van der Waals surface area contributed by atoms with Crippen LogP contribution in [-0.2, 0) is 0 Å². The number of nitrogens with zero attached hydrogens (tertiary/aromatic N) is 2. The van der Waals surface area contributed by atoms with Crippen molar-refractivity contribution in [3.8, 4) is 0 Å². The maximum absolute atomic E-state index is 13.1. The number of halogens is 1. The fourth-order valence-corrected chi connectivity index (χ4v) is 2.54. The Morgan fingerprint density at radius 3 is 2.82 bits per heavy atom. The van der Waals surface area contributed by atoms with Crippen LogP contribution in [0, 0.1) is 10.6 Å². The lowest BCUT2D eigenvalue weighted by Gasteiger charge is -2.19. The van der Waals surface area contributed by atoms with Crippen molar-refractivity contribution >= 4 is 23.3 Å². The second kappa shape index (κ2) is 4.58. The zero-order valence-electron chi connectivity index (χ0n) is 10.2. The summed E-state index contributed by atoms with van der Waals surface area (Å²) in [6, 6.07) is 4.95. The summed E-state index contributed by atoms with van der Waals surface area (Å²) in [4.78, 5) is 5.15. The molecule has 1 unspecified atom stereocenters. The first-order chi connectivity index (χ1) is 7.99. The number of aromatic nitrogens is 2. The molecular formula is C12H16FN3S. The highest BCUT2D eigenvalue weighted by Crippen LogP contribution is 2.20. The molecule has 1 N–H and O–H groups in total. The Labute approximate surface area is 105 Å². The molecule has 1 aromatic heterocycles. The molecule has 0 fully saturated rings. The number of imidazole rings is 1. The van der Waals surface area contributed by atoms with Crippen molar-refractivity contribution < 1.29 is 4.39 Å². The molecule has 0 aliphatic carbocycles. The zero-order valence-corrected chi connectivity index (χ0v) is 11.0. The number of aromatic amines is 1. The first-order valence-corrected chi connectivity index (χ1v) is 5.94. The quantitative estimate of drug-likeness (QED) is 0.850. The van der Waals surface area contributed by atoms with Gasteiger partial charge in [0.05, 0.1) is 11.0 Å². The Bertz CT molecular complexity index is 585. The summed E-state index contributed by atoms with van der Waals surface area (Å²) < 4.78 is 15.8. The minimum absolute atomic E-state index is 0.247. The molecule has 1 heterocycles. The molecular weight excluding hydrogens is 237 g/mol. The molecule has 0 aliphatic heterocycles. The van der Waals surface area contributed by atoms with Crippen LogP contribution < -0.4 is 0 Å². The van der Waals surface area contributed by atoms with Gasteiger partial charge in [0.1, 0.15) is 5.82 Å². The number of hydrogen-bond acceptors (Lipinski definition) is 2. The fourth-order valence-electron chi connectivity index (χ4n) is 2.15. The number of rotatable bonds is 3. The van der Waals surface area contributed by atoms with E-state index < -0.39 is 0 Å². The molecule has 3 nitrogen and oxygen atoms in total. The summed E-state index contributed by atoms with van der Waals surface area (Å²) in [5.41, 5.74) is 1.70. The monoisotopic (exact) mass is 253 g/mol. The Balaban J connectivity index is 2.53. The topological polar surface area (TPSA) is 24.0 Å². The van der Waals surface area contributed by atoms with Crippen molar-refractivity contribution in [1.29, 1.82) is 0 Å². The highest BCUT2D eigenvalue weighted by Gasteiger charge is 2.12. The Kier molecular flexibility index (Phi) is 3.31. The molecule has 2 aromatic rings. The highest BCUT2D eigenvalue weighted by molar-refractivity contribution is 7.71. The lowest BCUT2D eigenvalue weighted by atomic mass is 10.2. The summed E-state index contributed by atoms with van der Waals surface area (Å²) in [6.07, 6.45) is 0. The third-order valence-electron chi connectivity index (χ3n) is 2.75. The second-order valence-electron chi connectivity index (χ2n) is 4.57.